The van der Waals surface area contributed by atoms with Gasteiger partial charge in [-0.05, 0) is 25.1 Å². The van der Waals surface area contributed by atoms with Crippen LogP contribution in [0.15, 0.2) is 57.4 Å². The number of benzene rings is 2. The SMILES string of the molecule is Cc1onc(-c2ccccc2Cl)c1C(=O)Nc1nnc(SCC(=O)Nc2ccccc2F)s1. The standard InChI is InChI=1S/C21H15ClFN5O3S2/c1-11-17(18(28-31-11)12-6-2-3-7-13(12)22)19(30)25-20-26-27-21(33-20)32-10-16(29)24-15-9-5-4-8-14(15)23/h2-9H,10H2,1H3,(H,24,29)(H,25,26,30). The van der Waals surface area contributed by atoms with Crippen LogP contribution in [0.5, 0.6) is 0 Å². The number of hydrogen-bond acceptors (Lipinski definition) is 8. The lowest BCUT2D eigenvalue weighted by molar-refractivity contribution is -0.113. The Balaban J connectivity index is 1.40. The normalized spacial score (nSPS) is 10.8. The Morgan fingerprint density at radius 3 is 2.67 bits per heavy atom. The van der Waals surface area contributed by atoms with Crippen LogP contribution in [0.3, 0.4) is 0 Å². The molecule has 0 bridgehead atoms. The van der Waals surface area contributed by atoms with Crippen LogP contribution in [-0.4, -0.2) is 32.9 Å². The summed E-state index contributed by atoms with van der Waals surface area (Å²) in [6.45, 7) is 1.62. The fourth-order valence-electron chi connectivity index (χ4n) is 2.83. The van der Waals surface area contributed by atoms with Crippen molar-refractivity contribution >= 4 is 57.3 Å². The molecule has 2 heterocycles. The van der Waals surface area contributed by atoms with Gasteiger partial charge < -0.3 is 9.84 Å². The number of rotatable bonds is 7. The van der Waals surface area contributed by atoms with Crippen molar-refractivity contribution in [1.82, 2.24) is 15.4 Å². The van der Waals surface area contributed by atoms with E-state index < -0.39 is 17.6 Å². The molecule has 2 aromatic carbocycles. The summed E-state index contributed by atoms with van der Waals surface area (Å²) < 4.78 is 19.3. The molecule has 0 radical (unpaired) electrons. The largest absolute Gasteiger partial charge is 0.360 e. The van der Waals surface area contributed by atoms with E-state index in [1.54, 1.807) is 37.3 Å². The molecule has 0 atom stereocenters. The summed E-state index contributed by atoms with van der Waals surface area (Å²) in [5, 5.41) is 17.7. The van der Waals surface area contributed by atoms with Crippen LogP contribution in [0, 0.1) is 12.7 Å². The highest BCUT2D eigenvalue weighted by molar-refractivity contribution is 8.01. The number of aromatic nitrogens is 3. The summed E-state index contributed by atoms with van der Waals surface area (Å²) in [7, 11) is 0. The van der Waals surface area contributed by atoms with Crippen LogP contribution < -0.4 is 10.6 Å². The van der Waals surface area contributed by atoms with Crippen LogP contribution in [0.4, 0.5) is 15.2 Å². The van der Waals surface area contributed by atoms with Gasteiger partial charge in [0.25, 0.3) is 5.91 Å². The van der Waals surface area contributed by atoms with Gasteiger partial charge in [-0.15, -0.1) is 10.2 Å². The number of nitrogens with zero attached hydrogens (tertiary/aromatic N) is 3. The number of halogens is 2. The zero-order valence-electron chi connectivity index (χ0n) is 17.0. The van der Waals surface area contributed by atoms with Crippen LogP contribution in [-0.2, 0) is 4.79 Å². The molecule has 0 spiro atoms. The van der Waals surface area contributed by atoms with Crippen molar-refractivity contribution in [3.8, 4) is 11.3 Å². The number of amides is 2. The third-order valence-electron chi connectivity index (χ3n) is 4.32. The Morgan fingerprint density at radius 2 is 1.88 bits per heavy atom. The maximum absolute atomic E-state index is 13.6. The van der Waals surface area contributed by atoms with E-state index in [9.17, 15) is 14.0 Å². The summed E-state index contributed by atoms with van der Waals surface area (Å²) >= 11 is 8.45. The smallest absolute Gasteiger partial charge is 0.263 e. The first-order valence-electron chi connectivity index (χ1n) is 9.45. The van der Waals surface area contributed by atoms with Crippen molar-refractivity contribution < 1.29 is 18.5 Å². The quantitative estimate of drug-likeness (QED) is 0.261. The van der Waals surface area contributed by atoms with E-state index >= 15 is 0 Å². The van der Waals surface area contributed by atoms with Crippen molar-refractivity contribution in [1.29, 1.82) is 0 Å². The molecule has 12 heteroatoms. The number of thioether (sulfide) groups is 1. The van der Waals surface area contributed by atoms with E-state index in [4.69, 9.17) is 16.1 Å². The minimum absolute atomic E-state index is 0.00166. The predicted molar refractivity (Wildman–Crippen MR) is 125 cm³/mol. The first-order chi connectivity index (χ1) is 15.9. The molecule has 168 valence electrons. The van der Waals surface area contributed by atoms with Gasteiger partial charge in [-0.1, -0.05) is 70.2 Å². The maximum Gasteiger partial charge on any atom is 0.263 e. The monoisotopic (exact) mass is 503 g/mol. The lowest BCUT2D eigenvalue weighted by Gasteiger charge is -2.04. The van der Waals surface area contributed by atoms with Crippen LogP contribution in [0.1, 0.15) is 16.1 Å². The van der Waals surface area contributed by atoms with Crippen molar-refractivity contribution in [2.75, 3.05) is 16.4 Å². The molecule has 0 aliphatic carbocycles. The van der Waals surface area contributed by atoms with E-state index in [0.29, 0.717) is 26.4 Å². The highest BCUT2D eigenvalue weighted by atomic mass is 35.5. The minimum Gasteiger partial charge on any atom is -0.360 e. The molecule has 0 aliphatic heterocycles. The van der Waals surface area contributed by atoms with Gasteiger partial charge in [0.2, 0.25) is 11.0 Å². The summed E-state index contributed by atoms with van der Waals surface area (Å²) in [5.41, 5.74) is 1.22. The van der Waals surface area contributed by atoms with Gasteiger partial charge >= 0.3 is 0 Å². The molecule has 0 fully saturated rings. The number of hydrogen-bond donors (Lipinski definition) is 2. The lowest BCUT2D eigenvalue weighted by atomic mass is 10.1. The fourth-order valence-corrected chi connectivity index (χ4v) is 4.60. The Labute approximate surface area is 200 Å². The van der Waals surface area contributed by atoms with Crippen molar-refractivity contribution in [3.63, 3.8) is 0 Å². The second kappa shape index (κ2) is 10.1. The molecule has 33 heavy (non-hydrogen) atoms. The number of nitrogens with one attached hydrogen (secondary N) is 2. The van der Waals surface area contributed by atoms with Crippen molar-refractivity contribution in [2.24, 2.45) is 0 Å². The molecule has 0 unspecified atom stereocenters. The first kappa shape index (κ1) is 22.9. The molecular formula is C21H15ClFN5O3S2. The molecule has 2 amide bonds. The third-order valence-corrected chi connectivity index (χ3v) is 6.62. The van der Waals surface area contributed by atoms with Gasteiger partial charge in [-0.2, -0.15) is 0 Å². The maximum atomic E-state index is 13.6. The van der Waals surface area contributed by atoms with Crippen molar-refractivity contribution in [2.45, 2.75) is 11.3 Å². The second-order valence-corrected chi connectivity index (χ2v) is 9.19. The average molecular weight is 504 g/mol. The molecule has 4 rings (SSSR count). The minimum atomic E-state index is -0.517. The number of carbonyl (C=O) groups excluding carboxylic acids is 2. The predicted octanol–water partition coefficient (Wildman–Crippen LogP) is 5.28. The Kier molecular flexibility index (Phi) is 7.02. The zero-order valence-corrected chi connectivity index (χ0v) is 19.4. The molecular weight excluding hydrogens is 489 g/mol. The first-order valence-corrected chi connectivity index (χ1v) is 11.6. The van der Waals surface area contributed by atoms with E-state index in [2.05, 4.69) is 26.0 Å². The van der Waals surface area contributed by atoms with E-state index in [1.165, 1.54) is 18.2 Å². The molecule has 0 aliphatic rings. The third kappa shape index (κ3) is 5.38. The lowest BCUT2D eigenvalue weighted by Crippen LogP contribution is -2.14. The summed E-state index contributed by atoms with van der Waals surface area (Å²) in [4.78, 5) is 25.0. The molecule has 4 aromatic rings. The topological polar surface area (TPSA) is 110 Å². The van der Waals surface area contributed by atoms with Gasteiger partial charge in [0.05, 0.1) is 16.5 Å². The van der Waals surface area contributed by atoms with E-state index in [0.717, 1.165) is 23.1 Å². The van der Waals surface area contributed by atoms with Gasteiger partial charge in [0, 0.05) is 5.56 Å². The van der Waals surface area contributed by atoms with Gasteiger partial charge in [0.15, 0.2) is 4.34 Å². The highest BCUT2D eigenvalue weighted by Crippen LogP contribution is 2.32. The number of carbonyl (C=O) groups is 2. The van der Waals surface area contributed by atoms with E-state index in [-0.39, 0.29) is 22.1 Å². The molecule has 0 saturated carbocycles. The Morgan fingerprint density at radius 1 is 1.12 bits per heavy atom. The molecule has 2 N–H and O–H groups in total. The highest BCUT2D eigenvalue weighted by Gasteiger charge is 2.24. The van der Waals surface area contributed by atoms with Crippen molar-refractivity contribution in [3.05, 3.63) is 70.7 Å². The molecule has 2 aromatic heterocycles. The summed E-state index contributed by atoms with van der Waals surface area (Å²) in [6.07, 6.45) is 0. The summed E-state index contributed by atoms with van der Waals surface area (Å²) in [6, 6.07) is 12.9. The fraction of sp³-hybridized carbons (Fsp3) is 0.0952. The van der Waals surface area contributed by atoms with Gasteiger partial charge in [-0.25, -0.2) is 4.39 Å². The molecule has 0 saturated heterocycles. The van der Waals surface area contributed by atoms with Gasteiger partial charge in [-0.3, -0.25) is 14.9 Å². The number of para-hydroxylation sites is 1. The van der Waals surface area contributed by atoms with Crippen LogP contribution in [0.25, 0.3) is 11.3 Å². The number of aryl methyl sites for hydroxylation is 1. The zero-order chi connectivity index (χ0) is 23.4. The average Bonchev–Trinajstić information content (AvgIpc) is 3.40. The van der Waals surface area contributed by atoms with Crippen LogP contribution in [0.2, 0.25) is 5.02 Å². The Hall–Kier alpha value is -3.28. The Bertz CT molecular complexity index is 1330. The van der Waals surface area contributed by atoms with Crippen LogP contribution >= 0.6 is 34.7 Å². The number of anilines is 2. The second-order valence-electron chi connectivity index (χ2n) is 6.59. The molecule has 8 nitrogen and oxygen atoms in total. The van der Waals surface area contributed by atoms with E-state index in [1.807, 2.05) is 0 Å². The summed E-state index contributed by atoms with van der Waals surface area (Å²) in [5.74, 6) is -1.06. The van der Waals surface area contributed by atoms with Gasteiger partial charge in [0.1, 0.15) is 22.8 Å².